The van der Waals surface area contributed by atoms with Crippen LogP contribution in [0.15, 0.2) is 30.6 Å². The van der Waals surface area contributed by atoms with E-state index in [1.54, 1.807) is 23.2 Å². The summed E-state index contributed by atoms with van der Waals surface area (Å²) in [5, 5.41) is 3.12. The first-order chi connectivity index (χ1) is 15.3. The van der Waals surface area contributed by atoms with Gasteiger partial charge in [-0.2, -0.15) is 0 Å². The monoisotopic (exact) mass is 438 g/mol. The summed E-state index contributed by atoms with van der Waals surface area (Å²) in [6.45, 7) is 10.1. The van der Waals surface area contributed by atoms with E-state index in [1.807, 2.05) is 38.3 Å². The molecule has 3 aromatic rings. The molecule has 3 heterocycles. The number of nitrogens with one attached hydrogen (secondary N) is 1. The van der Waals surface area contributed by atoms with E-state index < -0.39 is 5.82 Å². The van der Waals surface area contributed by atoms with Crippen molar-refractivity contribution >= 4 is 17.5 Å². The number of hydrogen-bond donors (Lipinski definition) is 1. The number of aromatic nitrogens is 4. The van der Waals surface area contributed by atoms with Gasteiger partial charge >= 0.3 is 0 Å². The van der Waals surface area contributed by atoms with E-state index in [4.69, 9.17) is 4.74 Å². The van der Waals surface area contributed by atoms with Crippen LogP contribution in [0.4, 0.5) is 16.0 Å². The van der Waals surface area contributed by atoms with E-state index in [1.165, 1.54) is 0 Å². The van der Waals surface area contributed by atoms with E-state index in [-0.39, 0.29) is 23.6 Å². The van der Waals surface area contributed by atoms with Crippen LogP contribution in [-0.4, -0.2) is 56.6 Å². The van der Waals surface area contributed by atoms with Crippen molar-refractivity contribution in [1.29, 1.82) is 0 Å². The molecule has 9 heteroatoms. The summed E-state index contributed by atoms with van der Waals surface area (Å²) in [4.78, 5) is 27.4. The lowest BCUT2D eigenvalue weighted by atomic mass is 10.1. The zero-order valence-corrected chi connectivity index (χ0v) is 18.7. The summed E-state index contributed by atoms with van der Waals surface area (Å²) in [6.07, 6.45) is 2.78. The van der Waals surface area contributed by atoms with Gasteiger partial charge in [0.1, 0.15) is 11.5 Å². The normalized spacial score (nSPS) is 14.1. The summed E-state index contributed by atoms with van der Waals surface area (Å²) < 4.78 is 21.8. The zero-order valence-electron chi connectivity index (χ0n) is 18.7. The molecule has 1 aliphatic rings. The average Bonchev–Trinajstić information content (AvgIpc) is 3.17. The molecule has 1 amide bonds. The summed E-state index contributed by atoms with van der Waals surface area (Å²) in [6, 6.07) is 5.56. The lowest BCUT2D eigenvalue weighted by molar-refractivity contribution is 0.0302. The fraction of sp³-hybridized carbons (Fsp3) is 0.391. The van der Waals surface area contributed by atoms with Crippen LogP contribution in [0.1, 0.15) is 41.6 Å². The van der Waals surface area contributed by atoms with Crippen LogP contribution in [0.5, 0.6) is 0 Å². The number of carbonyl (C=O) groups is 1. The van der Waals surface area contributed by atoms with E-state index in [2.05, 4.69) is 20.3 Å². The van der Waals surface area contributed by atoms with Crippen molar-refractivity contribution in [2.75, 3.05) is 31.6 Å². The number of rotatable bonds is 5. The maximum Gasteiger partial charge on any atom is 0.254 e. The number of halogens is 1. The first-order valence-electron chi connectivity index (χ1n) is 10.7. The van der Waals surface area contributed by atoms with Crippen molar-refractivity contribution < 1.29 is 13.9 Å². The highest BCUT2D eigenvalue weighted by Gasteiger charge is 2.21. The van der Waals surface area contributed by atoms with Gasteiger partial charge in [0.2, 0.25) is 5.95 Å². The Labute approximate surface area is 186 Å². The molecule has 1 saturated heterocycles. The molecule has 168 valence electrons. The minimum Gasteiger partial charge on any atom is -0.378 e. The smallest absolute Gasteiger partial charge is 0.254 e. The van der Waals surface area contributed by atoms with Gasteiger partial charge in [-0.05, 0) is 51.5 Å². The van der Waals surface area contributed by atoms with Crippen LogP contribution in [0.3, 0.4) is 0 Å². The molecule has 1 N–H and O–H groups in total. The molecule has 0 aliphatic carbocycles. The standard InChI is InChI=1S/C23H27FN6O2/c1-14(2)30-16(4)25-13-20(30)21-19(24)12-26-23(28-21)27-17-5-6-18(15(3)11-17)22(31)29-7-9-32-10-8-29/h5-6,11-14H,7-10H2,1-4H3,(H,26,27,28). The van der Waals surface area contributed by atoms with Crippen LogP contribution in [0.2, 0.25) is 0 Å². The zero-order chi connectivity index (χ0) is 22.8. The van der Waals surface area contributed by atoms with Gasteiger partial charge in [0.25, 0.3) is 5.91 Å². The second-order valence-electron chi connectivity index (χ2n) is 8.10. The molecule has 1 fully saturated rings. The third kappa shape index (κ3) is 4.34. The number of anilines is 2. The van der Waals surface area contributed by atoms with Crippen molar-refractivity contribution in [3.63, 3.8) is 0 Å². The van der Waals surface area contributed by atoms with E-state index in [9.17, 15) is 9.18 Å². The third-order valence-electron chi connectivity index (χ3n) is 5.50. The van der Waals surface area contributed by atoms with Crippen molar-refractivity contribution in [2.24, 2.45) is 0 Å². The highest BCUT2D eigenvalue weighted by atomic mass is 19.1. The Bertz CT molecular complexity index is 1140. The molecule has 2 aromatic heterocycles. The van der Waals surface area contributed by atoms with E-state index in [0.29, 0.717) is 43.2 Å². The molecular weight excluding hydrogens is 411 g/mol. The quantitative estimate of drug-likeness (QED) is 0.651. The maximum absolute atomic E-state index is 14.6. The number of hydrogen-bond acceptors (Lipinski definition) is 6. The Hall–Kier alpha value is -3.33. The molecule has 0 radical (unpaired) electrons. The number of imidazole rings is 1. The fourth-order valence-corrected chi connectivity index (χ4v) is 3.93. The molecule has 8 nitrogen and oxygen atoms in total. The van der Waals surface area contributed by atoms with Gasteiger partial charge in [0, 0.05) is 30.4 Å². The summed E-state index contributed by atoms with van der Waals surface area (Å²) in [7, 11) is 0. The Morgan fingerprint density at radius 2 is 1.91 bits per heavy atom. The maximum atomic E-state index is 14.6. The molecule has 1 aliphatic heterocycles. The summed E-state index contributed by atoms with van der Waals surface area (Å²) >= 11 is 0. The number of aryl methyl sites for hydroxylation is 2. The van der Waals surface area contributed by atoms with Crippen molar-refractivity contribution in [2.45, 2.75) is 33.7 Å². The third-order valence-corrected chi connectivity index (χ3v) is 5.50. The second-order valence-corrected chi connectivity index (χ2v) is 8.10. The van der Waals surface area contributed by atoms with Crippen LogP contribution in [-0.2, 0) is 4.74 Å². The second kappa shape index (κ2) is 9.04. The number of nitrogens with zero attached hydrogens (tertiary/aromatic N) is 5. The first kappa shape index (κ1) is 21.9. The molecule has 0 saturated carbocycles. The minimum atomic E-state index is -0.514. The predicted molar refractivity (Wildman–Crippen MR) is 120 cm³/mol. The minimum absolute atomic E-state index is 0.00464. The summed E-state index contributed by atoms with van der Waals surface area (Å²) in [5.74, 6) is 0.538. The van der Waals surface area contributed by atoms with Crippen LogP contribution in [0, 0.1) is 19.7 Å². The summed E-state index contributed by atoms with van der Waals surface area (Å²) in [5.41, 5.74) is 2.99. The number of amides is 1. The fourth-order valence-electron chi connectivity index (χ4n) is 3.93. The lowest BCUT2D eigenvalue weighted by Gasteiger charge is -2.27. The number of benzene rings is 1. The molecular formula is C23H27FN6O2. The number of morpholine rings is 1. The average molecular weight is 439 g/mol. The highest BCUT2D eigenvalue weighted by molar-refractivity contribution is 5.96. The molecule has 1 aromatic carbocycles. The Balaban J connectivity index is 1.58. The molecule has 0 bridgehead atoms. The van der Waals surface area contributed by atoms with Gasteiger partial charge in [0.15, 0.2) is 5.82 Å². The number of ether oxygens (including phenoxy) is 1. The Kier molecular flexibility index (Phi) is 6.18. The molecule has 4 rings (SSSR count). The lowest BCUT2D eigenvalue weighted by Crippen LogP contribution is -2.40. The van der Waals surface area contributed by atoms with Crippen molar-refractivity contribution in [1.82, 2.24) is 24.4 Å². The van der Waals surface area contributed by atoms with E-state index in [0.717, 1.165) is 17.6 Å². The Morgan fingerprint density at radius 1 is 1.16 bits per heavy atom. The predicted octanol–water partition coefficient (Wildman–Crippen LogP) is 3.89. The topological polar surface area (TPSA) is 85.2 Å². The molecule has 32 heavy (non-hydrogen) atoms. The van der Waals surface area contributed by atoms with Gasteiger partial charge in [0.05, 0.1) is 31.3 Å². The van der Waals surface area contributed by atoms with Gasteiger partial charge in [-0.3, -0.25) is 4.79 Å². The van der Waals surface area contributed by atoms with Crippen molar-refractivity contribution in [3.05, 3.63) is 53.4 Å². The van der Waals surface area contributed by atoms with Gasteiger partial charge in [-0.25, -0.2) is 19.3 Å². The highest BCUT2D eigenvalue weighted by Crippen LogP contribution is 2.27. The molecule has 0 atom stereocenters. The van der Waals surface area contributed by atoms with Crippen molar-refractivity contribution in [3.8, 4) is 11.4 Å². The first-order valence-corrected chi connectivity index (χ1v) is 10.7. The molecule has 0 spiro atoms. The number of carbonyl (C=O) groups excluding carboxylic acids is 1. The Morgan fingerprint density at radius 3 is 2.59 bits per heavy atom. The largest absolute Gasteiger partial charge is 0.378 e. The van der Waals surface area contributed by atoms with Crippen LogP contribution in [0.25, 0.3) is 11.4 Å². The van der Waals surface area contributed by atoms with Gasteiger partial charge < -0.3 is 19.5 Å². The van der Waals surface area contributed by atoms with Crippen LogP contribution >= 0.6 is 0 Å². The molecule has 0 unspecified atom stereocenters. The van der Waals surface area contributed by atoms with E-state index >= 15 is 0 Å². The SMILES string of the molecule is Cc1cc(Nc2ncc(F)c(-c3cnc(C)n3C(C)C)n2)ccc1C(=O)N1CCOCC1. The van der Waals surface area contributed by atoms with Gasteiger partial charge in [-0.1, -0.05) is 0 Å². The van der Waals surface area contributed by atoms with Crippen LogP contribution < -0.4 is 5.32 Å². The van der Waals surface area contributed by atoms with Gasteiger partial charge in [-0.15, -0.1) is 0 Å².